The zero-order chi connectivity index (χ0) is 21.2. The molecule has 0 spiro atoms. The highest BCUT2D eigenvalue weighted by atomic mass is 19.1. The molecule has 2 aromatic carbocycles. The largest absolute Gasteiger partial charge is 0.494 e. The van der Waals surface area contributed by atoms with Crippen molar-refractivity contribution in [2.24, 2.45) is 0 Å². The molecule has 0 heterocycles. The van der Waals surface area contributed by atoms with Crippen molar-refractivity contribution in [1.29, 1.82) is 0 Å². The second kappa shape index (κ2) is 11.0. The number of methoxy groups -OCH3 is 1. The molecule has 0 aromatic heterocycles. The molecule has 0 aliphatic rings. The number of esters is 1. The van der Waals surface area contributed by atoms with Gasteiger partial charge in [0.15, 0.2) is 17.7 Å². The van der Waals surface area contributed by atoms with Gasteiger partial charge < -0.3 is 14.8 Å². The molecule has 2 aromatic rings. The first-order valence-corrected chi connectivity index (χ1v) is 9.52. The first kappa shape index (κ1) is 22.1. The minimum absolute atomic E-state index is 0.120. The highest BCUT2D eigenvalue weighted by Gasteiger charge is 2.20. The van der Waals surface area contributed by atoms with Gasteiger partial charge in [-0.2, -0.15) is 0 Å². The molecule has 5 nitrogen and oxygen atoms in total. The normalized spacial score (nSPS) is 13.0. The van der Waals surface area contributed by atoms with E-state index in [0.29, 0.717) is 5.56 Å². The highest BCUT2D eigenvalue weighted by Crippen LogP contribution is 2.19. The van der Waals surface area contributed by atoms with E-state index < -0.39 is 17.9 Å². The molecule has 2 atom stereocenters. The smallest absolute Gasteiger partial charge is 0.331 e. The van der Waals surface area contributed by atoms with Crippen molar-refractivity contribution in [3.05, 3.63) is 71.6 Å². The topological polar surface area (TPSA) is 64.6 Å². The third-order valence-corrected chi connectivity index (χ3v) is 4.35. The van der Waals surface area contributed by atoms with Crippen LogP contribution in [0.4, 0.5) is 4.39 Å². The molecule has 0 saturated carbocycles. The van der Waals surface area contributed by atoms with E-state index in [0.717, 1.165) is 24.5 Å². The maximum absolute atomic E-state index is 13.7. The Bertz CT molecular complexity index is 851. The van der Waals surface area contributed by atoms with Crippen molar-refractivity contribution in [3.63, 3.8) is 0 Å². The molecule has 0 fully saturated rings. The van der Waals surface area contributed by atoms with Gasteiger partial charge in [-0.15, -0.1) is 0 Å². The summed E-state index contributed by atoms with van der Waals surface area (Å²) in [6.07, 6.45) is 3.29. The summed E-state index contributed by atoms with van der Waals surface area (Å²) in [5.41, 5.74) is 1.48. The predicted octanol–water partition coefficient (Wildman–Crippen LogP) is 4.44. The van der Waals surface area contributed by atoms with Crippen LogP contribution in [0, 0.1) is 5.82 Å². The summed E-state index contributed by atoms with van der Waals surface area (Å²) in [4.78, 5) is 24.5. The molecule has 0 radical (unpaired) electrons. The lowest BCUT2D eigenvalue weighted by atomic mass is 10.0. The molecule has 0 aliphatic carbocycles. The van der Waals surface area contributed by atoms with E-state index in [-0.39, 0.29) is 17.7 Å². The van der Waals surface area contributed by atoms with E-state index in [9.17, 15) is 14.0 Å². The summed E-state index contributed by atoms with van der Waals surface area (Å²) in [5.74, 6) is -1.46. The van der Waals surface area contributed by atoms with Crippen molar-refractivity contribution in [3.8, 4) is 5.75 Å². The van der Waals surface area contributed by atoms with Crippen LogP contribution in [-0.4, -0.2) is 25.1 Å². The number of rotatable bonds is 9. The van der Waals surface area contributed by atoms with E-state index >= 15 is 0 Å². The summed E-state index contributed by atoms with van der Waals surface area (Å²) < 4.78 is 23.7. The Kier molecular flexibility index (Phi) is 8.40. The molecule has 0 aliphatic heterocycles. The maximum atomic E-state index is 13.7. The number of halogens is 1. The van der Waals surface area contributed by atoms with Gasteiger partial charge >= 0.3 is 5.97 Å². The lowest BCUT2D eigenvalue weighted by Crippen LogP contribution is -2.38. The molecule has 0 bridgehead atoms. The minimum Gasteiger partial charge on any atom is -0.494 e. The molecule has 0 unspecified atom stereocenters. The average molecular weight is 399 g/mol. The SMILES string of the molecule is CCC[C@H](NC(=O)[C@@H](C)OC(=O)/C=C/c1ccc(OC)c(F)c1)c1ccccc1. The Labute approximate surface area is 170 Å². The molecule has 154 valence electrons. The number of hydrogen-bond donors (Lipinski definition) is 1. The van der Waals surface area contributed by atoms with Gasteiger partial charge in [0.1, 0.15) is 0 Å². The number of carbonyl (C=O) groups excluding carboxylic acids is 2. The fourth-order valence-corrected chi connectivity index (χ4v) is 2.80. The summed E-state index contributed by atoms with van der Waals surface area (Å²) in [6.45, 7) is 3.56. The van der Waals surface area contributed by atoms with Crippen LogP contribution in [0.2, 0.25) is 0 Å². The van der Waals surface area contributed by atoms with Crippen molar-refractivity contribution in [2.75, 3.05) is 7.11 Å². The first-order chi connectivity index (χ1) is 13.9. The average Bonchev–Trinajstić information content (AvgIpc) is 2.72. The standard InChI is InChI=1S/C23H26FNO4/c1-4-8-20(18-9-6-5-7-10-18)25-23(27)16(2)29-22(26)14-12-17-11-13-21(28-3)19(24)15-17/h5-7,9-16,20H,4,8H2,1-3H3,(H,25,27)/b14-12+/t16-,20+/m1/s1. The Hall–Kier alpha value is -3.15. The summed E-state index contributed by atoms with van der Waals surface area (Å²) in [6, 6.07) is 13.8. The fraction of sp³-hybridized carbons (Fsp3) is 0.304. The van der Waals surface area contributed by atoms with Gasteiger partial charge in [-0.05, 0) is 42.7 Å². The lowest BCUT2D eigenvalue weighted by molar-refractivity contribution is -0.150. The summed E-state index contributed by atoms with van der Waals surface area (Å²) in [7, 11) is 1.38. The molecule has 1 N–H and O–H groups in total. The van der Waals surface area contributed by atoms with Gasteiger partial charge in [0.05, 0.1) is 13.2 Å². The molecule has 1 amide bonds. The lowest BCUT2D eigenvalue weighted by Gasteiger charge is -2.21. The number of carbonyl (C=O) groups is 2. The maximum Gasteiger partial charge on any atom is 0.331 e. The third-order valence-electron chi connectivity index (χ3n) is 4.35. The van der Waals surface area contributed by atoms with Crippen LogP contribution < -0.4 is 10.1 Å². The molecule has 6 heteroatoms. The third kappa shape index (κ3) is 6.75. The Balaban J connectivity index is 1.93. The number of hydrogen-bond acceptors (Lipinski definition) is 4. The molecule has 2 rings (SSSR count). The van der Waals surface area contributed by atoms with E-state index in [1.807, 2.05) is 37.3 Å². The van der Waals surface area contributed by atoms with Crippen LogP contribution in [-0.2, 0) is 14.3 Å². The van der Waals surface area contributed by atoms with Gasteiger partial charge in [0, 0.05) is 6.08 Å². The molecular formula is C23H26FNO4. The Morgan fingerprint density at radius 1 is 1.17 bits per heavy atom. The monoisotopic (exact) mass is 399 g/mol. The van der Waals surface area contributed by atoms with E-state index in [2.05, 4.69) is 5.32 Å². The van der Waals surface area contributed by atoms with Crippen molar-refractivity contribution >= 4 is 18.0 Å². The molecular weight excluding hydrogens is 373 g/mol. The van der Waals surface area contributed by atoms with Gasteiger partial charge in [0.2, 0.25) is 0 Å². The number of benzene rings is 2. The van der Waals surface area contributed by atoms with Gasteiger partial charge in [-0.25, -0.2) is 9.18 Å². The zero-order valence-corrected chi connectivity index (χ0v) is 16.9. The number of amides is 1. The fourth-order valence-electron chi connectivity index (χ4n) is 2.80. The second-order valence-electron chi connectivity index (χ2n) is 6.57. The van der Waals surface area contributed by atoms with Crippen molar-refractivity contribution in [2.45, 2.75) is 38.8 Å². The quantitative estimate of drug-likeness (QED) is 0.500. The molecule has 0 saturated heterocycles. The van der Waals surface area contributed by atoms with Crippen LogP contribution in [0.3, 0.4) is 0 Å². The number of ether oxygens (including phenoxy) is 2. The van der Waals surface area contributed by atoms with Crippen LogP contribution in [0.15, 0.2) is 54.6 Å². The van der Waals surface area contributed by atoms with E-state index in [1.54, 1.807) is 6.07 Å². The van der Waals surface area contributed by atoms with Crippen LogP contribution in [0.25, 0.3) is 6.08 Å². The summed E-state index contributed by atoms with van der Waals surface area (Å²) in [5, 5.41) is 2.93. The van der Waals surface area contributed by atoms with Crippen LogP contribution in [0.1, 0.15) is 43.9 Å². The van der Waals surface area contributed by atoms with Gasteiger partial charge in [-0.3, -0.25) is 4.79 Å². The Morgan fingerprint density at radius 2 is 1.90 bits per heavy atom. The molecule has 29 heavy (non-hydrogen) atoms. The van der Waals surface area contributed by atoms with Gasteiger partial charge in [-0.1, -0.05) is 49.7 Å². The van der Waals surface area contributed by atoms with Crippen molar-refractivity contribution < 1.29 is 23.5 Å². The predicted molar refractivity (Wildman–Crippen MR) is 110 cm³/mol. The second-order valence-corrected chi connectivity index (χ2v) is 6.57. The Morgan fingerprint density at radius 3 is 2.52 bits per heavy atom. The summed E-state index contributed by atoms with van der Waals surface area (Å²) >= 11 is 0. The van der Waals surface area contributed by atoms with E-state index in [1.165, 1.54) is 32.2 Å². The van der Waals surface area contributed by atoms with Gasteiger partial charge in [0.25, 0.3) is 5.91 Å². The minimum atomic E-state index is -0.956. The zero-order valence-electron chi connectivity index (χ0n) is 16.9. The highest BCUT2D eigenvalue weighted by molar-refractivity contribution is 5.90. The number of nitrogens with one attached hydrogen (secondary N) is 1. The van der Waals surface area contributed by atoms with Crippen LogP contribution >= 0.6 is 0 Å². The first-order valence-electron chi connectivity index (χ1n) is 9.52. The van der Waals surface area contributed by atoms with E-state index in [4.69, 9.17) is 9.47 Å². The van der Waals surface area contributed by atoms with Crippen molar-refractivity contribution in [1.82, 2.24) is 5.32 Å². The van der Waals surface area contributed by atoms with Crippen LogP contribution in [0.5, 0.6) is 5.75 Å².